The van der Waals surface area contributed by atoms with E-state index in [9.17, 15) is 25.2 Å². The van der Waals surface area contributed by atoms with Crippen LogP contribution in [0.15, 0.2) is 35.3 Å². The van der Waals surface area contributed by atoms with Crippen LogP contribution in [0.25, 0.3) is 0 Å². The summed E-state index contributed by atoms with van der Waals surface area (Å²) in [7, 11) is 3.48. The van der Waals surface area contributed by atoms with Crippen molar-refractivity contribution in [2.45, 2.75) is 199 Å². The summed E-state index contributed by atoms with van der Waals surface area (Å²) in [6, 6.07) is 10.3. The third-order valence-electron chi connectivity index (χ3n) is 13.7. The van der Waals surface area contributed by atoms with Gasteiger partial charge in [0.25, 0.3) is 6.02 Å². The molecule has 4 aliphatic rings. The fraction of sp³-hybridized carbons (Fsp3) is 0.822. The number of hydrogen-bond acceptors (Lipinski definition) is 13. The Labute approximate surface area is 351 Å². The number of carbonyl (C=O) groups excluding carboxylic acids is 1. The van der Waals surface area contributed by atoms with Crippen molar-refractivity contribution in [3.8, 4) is 0 Å². The quantitative estimate of drug-likeness (QED) is 0.259. The molecular formula is C45H74N2O12. The zero-order valence-corrected chi connectivity index (χ0v) is 37.4. The largest absolute Gasteiger partial charge is 0.459 e. The van der Waals surface area contributed by atoms with Crippen LogP contribution < -0.4 is 0 Å². The Morgan fingerprint density at radius 2 is 1.59 bits per heavy atom. The van der Waals surface area contributed by atoms with E-state index in [2.05, 4.69) is 6.92 Å². The lowest BCUT2D eigenvalue weighted by Gasteiger charge is -2.48. The number of aliphatic hydroxyl groups is 4. The average molecular weight is 835 g/mol. The summed E-state index contributed by atoms with van der Waals surface area (Å²) >= 11 is 0. The Morgan fingerprint density at radius 1 is 0.915 bits per heavy atom. The minimum absolute atomic E-state index is 0.0411. The maximum Gasteiger partial charge on any atom is 0.311 e. The Balaban J connectivity index is 1.55. The van der Waals surface area contributed by atoms with Crippen molar-refractivity contribution < 1.29 is 58.4 Å². The van der Waals surface area contributed by atoms with E-state index in [0.717, 1.165) is 5.56 Å². The molecule has 4 N–H and O–H groups in total. The second-order valence-corrected chi connectivity index (χ2v) is 18.9. The first-order chi connectivity index (χ1) is 27.6. The maximum atomic E-state index is 14.4. The summed E-state index contributed by atoms with van der Waals surface area (Å²) in [6.07, 6.45) is -5.88. The smallest absolute Gasteiger partial charge is 0.311 e. The van der Waals surface area contributed by atoms with Gasteiger partial charge >= 0.3 is 5.97 Å². The highest BCUT2D eigenvalue weighted by atomic mass is 16.7. The van der Waals surface area contributed by atoms with Crippen LogP contribution in [0.4, 0.5) is 0 Å². The molecule has 336 valence electrons. The molecule has 4 heterocycles. The van der Waals surface area contributed by atoms with Gasteiger partial charge in [0.2, 0.25) is 0 Å². The van der Waals surface area contributed by atoms with E-state index in [1.807, 2.05) is 63.1 Å². The number of amidine groups is 1. The highest BCUT2D eigenvalue weighted by molar-refractivity contribution is 5.76. The van der Waals surface area contributed by atoms with Crippen molar-refractivity contribution in [2.75, 3.05) is 14.2 Å². The molecule has 5 rings (SSSR count). The topological polar surface area (TPSA) is 178 Å². The molecule has 1 aromatic carbocycles. The zero-order valence-electron chi connectivity index (χ0n) is 37.4. The van der Waals surface area contributed by atoms with Gasteiger partial charge in [0.15, 0.2) is 18.7 Å². The molecule has 14 heteroatoms. The fourth-order valence-electron chi connectivity index (χ4n) is 9.89. The van der Waals surface area contributed by atoms with Gasteiger partial charge in [-0.3, -0.25) is 4.79 Å². The summed E-state index contributed by atoms with van der Waals surface area (Å²) in [5.74, 6) is -2.73. The maximum absolute atomic E-state index is 14.4. The molecule has 1 aromatic rings. The number of hydrogen-bond donors (Lipinski definition) is 4. The van der Waals surface area contributed by atoms with Crippen LogP contribution >= 0.6 is 0 Å². The lowest BCUT2D eigenvalue weighted by Crippen LogP contribution is -2.60. The van der Waals surface area contributed by atoms with Crippen LogP contribution in [-0.2, 0) is 44.5 Å². The van der Waals surface area contributed by atoms with Gasteiger partial charge in [-0.15, -0.1) is 0 Å². The van der Waals surface area contributed by atoms with Crippen molar-refractivity contribution in [1.29, 1.82) is 0 Å². The van der Waals surface area contributed by atoms with Gasteiger partial charge in [0, 0.05) is 26.5 Å². The van der Waals surface area contributed by atoms with E-state index in [-0.39, 0.29) is 36.8 Å². The summed E-state index contributed by atoms with van der Waals surface area (Å²) in [4.78, 5) is 21.2. The lowest BCUT2D eigenvalue weighted by molar-refractivity contribution is -0.313. The first kappa shape index (κ1) is 47.6. The van der Waals surface area contributed by atoms with Gasteiger partial charge in [-0.1, -0.05) is 64.4 Å². The Hall–Kier alpha value is -2.40. The Kier molecular flexibility index (Phi) is 15.6. The number of likely N-dealkylation sites (N-methyl/N-ethyl adjacent to an activating group) is 1. The normalized spacial score (nSPS) is 46.2. The molecule has 0 spiro atoms. The van der Waals surface area contributed by atoms with E-state index in [4.69, 9.17) is 38.2 Å². The molecule has 4 aliphatic heterocycles. The number of carbonyl (C=O) groups is 1. The van der Waals surface area contributed by atoms with Crippen LogP contribution in [-0.4, -0.2) is 136 Å². The number of fused-ring (bicyclic) bond motifs is 1. The highest BCUT2D eigenvalue weighted by Gasteiger charge is 2.54. The van der Waals surface area contributed by atoms with Gasteiger partial charge in [0.05, 0.1) is 60.2 Å². The van der Waals surface area contributed by atoms with Crippen LogP contribution in [0.3, 0.4) is 0 Å². The molecule has 14 nitrogen and oxygen atoms in total. The molecule has 4 saturated heterocycles. The first-order valence-corrected chi connectivity index (χ1v) is 21.8. The van der Waals surface area contributed by atoms with Crippen LogP contribution in [0.5, 0.6) is 0 Å². The lowest BCUT2D eigenvalue weighted by atomic mass is 9.76. The van der Waals surface area contributed by atoms with Crippen LogP contribution in [0, 0.1) is 23.7 Å². The summed E-state index contributed by atoms with van der Waals surface area (Å²) in [6.45, 7) is 18.5. The van der Waals surface area contributed by atoms with Gasteiger partial charge < -0.3 is 58.5 Å². The Bertz CT molecular complexity index is 1550. The van der Waals surface area contributed by atoms with E-state index < -0.39 is 89.9 Å². The highest BCUT2D eigenvalue weighted by Crippen LogP contribution is 2.42. The Morgan fingerprint density at radius 3 is 2.24 bits per heavy atom. The number of cyclic esters (lactones) is 1. The second kappa shape index (κ2) is 19.3. The number of esters is 1. The molecule has 0 saturated carbocycles. The van der Waals surface area contributed by atoms with Crippen molar-refractivity contribution in [3.63, 3.8) is 0 Å². The molecule has 0 aliphatic carbocycles. The predicted octanol–water partition coefficient (Wildman–Crippen LogP) is 4.96. The van der Waals surface area contributed by atoms with Crippen molar-refractivity contribution in [3.05, 3.63) is 35.9 Å². The molecule has 0 bridgehead atoms. The van der Waals surface area contributed by atoms with Crippen molar-refractivity contribution in [2.24, 2.45) is 28.7 Å². The van der Waals surface area contributed by atoms with E-state index in [0.29, 0.717) is 38.2 Å². The number of aliphatic hydroxyl groups excluding tert-OH is 2. The standard InChI is InChI=1S/C45H74N2O12/c1-13-33-45(10,52)37(48)26(3)20-19-25(2)22-43(8,51)39(28(5)35(29(6)40(50)56-33)57-34-23-44(9,53-12)38(49)30(7)55-34)59-41-36-32(21-27(4)54-41)47(11)42(58-36)46-24-31-17-15-14-16-18-31/h14-18,25-30,32-39,41,48-49,51-52H,13,19-24H2,1-12H3/t25-,26-,27+,28-,29+,30-,32-,33+,34-,35-,36+,37+,38-,39+,41-,43+,44+,45+/m0/s1. The minimum Gasteiger partial charge on any atom is -0.459 e. The van der Waals surface area contributed by atoms with E-state index >= 15 is 0 Å². The molecule has 59 heavy (non-hydrogen) atoms. The number of methoxy groups -OCH3 is 1. The predicted molar refractivity (Wildman–Crippen MR) is 221 cm³/mol. The number of ether oxygens (including phenoxy) is 7. The number of benzene rings is 1. The molecule has 0 radical (unpaired) electrons. The third-order valence-corrected chi connectivity index (χ3v) is 13.7. The summed E-state index contributed by atoms with van der Waals surface area (Å²) in [5.41, 5.74) is -3.21. The van der Waals surface area contributed by atoms with Gasteiger partial charge in [0.1, 0.15) is 17.8 Å². The van der Waals surface area contributed by atoms with E-state index in [1.165, 1.54) is 14.0 Å². The summed E-state index contributed by atoms with van der Waals surface area (Å²) < 4.78 is 45.1. The molecular weight excluding hydrogens is 760 g/mol. The van der Waals surface area contributed by atoms with Gasteiger partial charge in [-0.2, -0.15) is 0 Å². The van der Waals surface area contributed by atoms with Crippen molar-refractivity contribution >= 4 is 12.0 Å². The van der Waals surface area contributed by atoms with Crippen LogP contribution in [0.1, 0.15) is 113 Å². The number of aliphatic imine (C=N–C) groups is 1. The van der Waals surface area contributed by atoms with Gasteiger partial charge in [-0.25, -0.2) is 4.99 Å². The molecule has 18 atom stereocenters. The zero-order chi connectivity index (χ0) is 43.6. The fourth-order valence-corrected chi connectivity index (χ4v) is 9.89. The number of nitrogens with zero attached hydrogens (tertiary/aromatic N) is 2. The van der Waals surface area contributed by atoms with Gasteiger partial charge in [-0.05, 0) is 84.6 Å². The van der Waals surface area contributed by atoms with Crippen LogP contribution in [0.2, 0.25) is 0 Å². The second-order valence-electron chi connectivity index (χ2n) is 18.9. The molecule has 0 aromatic heterocycles. The monoisotopic (exact) mass is 835 g/mol. The van der Waals surface area contributed by atoms with E-state index in [1.54, 1.807) is 34.6 Å². The average Bonchev–Trinajstić information content (AvgIpc) is 3.51. The summed E-state index contributed by atoms with van der Waals surface area (Å²) in [5, 5.41) is 47.0. The minimum atomic E-state index is -1.74. The molecule has 0 amide bonds. The van der Waals surface area contributed by atoms with Crippen molar-refractivity contribution in [1.82, 2.24) is 4.90 Å². The molecule has 0 unspecified atom stereocenters. The molecule has 4 fully saturated rings. The number of rotatable bonds is 8. The SMILES string of the molecule is CC[C@H]1OC(=O)[C@H](C)[C@@H](O[C@H]2C[C@@](C)(OC)[C@@H](O)[C@H](C)O2)[C@H](C)[C@@H](O[C@@H]2O[C@H](C)C[C@H]3[C@H]2OC(=NCc2ccccc2)N3C)[C@](C)(O)C[C@@H](C)CC[C@H](C)[C@@H](O)[C@]1(C)O. The first-order valence-electron chi connectivity index (χ1n) is 21.8. The third kappa shape index (κ3) is 10.6.